The van der Waals surface area contributed by atoms with Crippen LogP contribution >= 0.6 is 0 Å². The number of aromatic nitrogens is 1. The Morgan fingerprint density at radius 1 is 1.22 bits per heavy atom. The van der Waals surface area contributed by atoms with Crippen LogP contribution in [0.25, 0.3) is 0 Å². The topological polar surface area (TPSA) is 65.5 Å². The first-order valence-corrected chi connectivity index (χ1v) is 7.94. The molecule has 2 saturated heterocycles. The average molecular weight is 309 g/mol. The van der Waals surface area contributed by atoms with Gasteiger partial charge in [0, 0.05) is 31.7 Å². The Morgan fingerprint density at radius 2 is 2.04 bits per heavy atom. The Hall–Kier alpha value is -2.40. The molecule has 2 aliphatic heterocycles. The molecule has 4 rings (SSSR count). The summed E-state index contributed by atoms with van der Waals surface area (Å²) in [6, 6.07) is 11.8. The summed E-state index contributed by atoms with van der Waals surface area (Å²) in [5, 5.41) is 13.0. The molecule has 3 atom stereocenters. The van der Waals surface area contributed by atoms with Crippen LogP contribution in [-0.2, 0) is 0 Å². The molecule has 0 radical (unpaired) electrons. The maximum absolute atomic E-state index is 13.0. The summed E-state index contributed by atoms with van der Waals surface area (Å²) in [6.45, 7) is 2.63. The van der Waals surface area contributed by atoms with Gasteiger partial charge in [-0.3, -0.25) is 9.78 Å². The van der Waals surface area contributed by atoms with Crippen LogP contribution in [0.3, 0.4) is 0 Å². The molecule has 0 spiro atoms. The molecule has 2 fully saturated rings. The van der Waals surface area contributed by atoms with Gasteiger partial charge in [0.15, 0.2) is 0 Å². The number of benzene rings is 1. The molecule has 1 aromatic carbocycles. The van der Waals surface area contributed by atoms with Crippen LogP contribution in [0.2, 0.25) is 0 Å². The minimum Gasteiger partial charge on any atom is -0.506 e. The first-order valence-electron chi connectivity index (χ1n) is 7.94. The lowest BCUT2D eigenvalue weighted by molar-refractivity contribution is 0.0713. The summed E-state index contributed by atoms with van der Waals surface area (Å²) in [5.74, 6) is 0.880. The summed E-state index contributed by atoms with van der Waals surface area (Å²) in [7, 11) is 0. The van der Waals surface area contributed by atoms with E-state index in [1.54, 1.807) is 0 Å². The van der Waals surface area contributed by atoms with Crippen LogP contribution in [0.4, 0.5) is 0 Å². The second-order valence-corrected chi connectivity index (χ2v) is 6.33. The summed E-state index contributed by atoms with van der Waals surface area (Å²) >= 11 is 0. The molecule has 23 heavy (non-hydrogen) atoms. The van der Waals surface area contributed by atoms with E-state index in [1.165, 1.54) is 24.0 Å². The molecule has 0 unspecified atom stereocenters. The molecular weight excluding hydrogens is 290 g/mol. The lowest BCUT2D eigenvalue weighted by atomic mass is 9.89. The average Bonchev–Trinajstić information content (AvgIpc) is 3.15. The van der Waals surface area contributed by atoms with Gasteiger partial charge < -0.3 is 15.3 Å². The van der Waals surface area contributed by atoms with Gasteiger partial charge in [0.25, 0.3) is 5.91 Å². The second-order valence-electron chi connectivity index (χ2n) is 6.33. The van der Waals surface area contributed by atoms with Crippen molar-refractivity contribution in [1.82, 2.24) is 15.2 Å². The summed E-state index contributed by atoms with van der Waals surface area (Å²) in [5.41, 5.74) is 1.61. The number of carbonyl (C=O) groups excluding carboxylic acids is 1. The Morgan fingerprint density at radius 3 is 2.83 bits per heavy atom. The second kappa shape index (κ2) is 5.66. The van der Waals surface area contributed by atoms with Crippen molar-refractivity contribution < 1.29 is 9.90 Å². The fraction of sp³-hybridized carbons (Fsp3) is 0.333. The largest absolute Gasteiger partial charge is 0.506 e. The van der Waals surface area contributed by atoms with Gasteiger partial charge in [0.05, 0.1) is 17.8 Å². The van der Waals surface area contributed by atoms with Crippen molar-refractivity contribution in [2.24, 2.45) is 11.8 Å². The van der Waals surface area contributed by atoms with Crippen molar-refractivity contribution in [3.05, 3.63) is 59.9 Å². The molecule has 2 aromatic rings. The number of pyridine rings is 1. The maximum Gasteiger partial charge on any atom is 0.256 e. The highest BCUT2D eigenvalue weighted by Crippen LogP contribution is 2.43. The molecule has 0 saturated carbocycles. The highest BCUT2D eigenvalue weighted by atomic mass is 16.3. The van der Waals surface area contributed by atoms with E-state index in [2.05, 4.69) is 22.4 Å². The molecule has 1 amide bonds. The van der Waals surface area contributed by atoms with Gasteiger partial charge in [-0.2, -0.15) is 0 Å². The predicted molar refractivity (Wildman–Crippen MR) is 86.0 cm³/mol. The molecule has 0 bridgehead atoms. The number of fused-ring (bicyclic) bond motifs is 1. The van der Waals surface area contributed by atoms with Crippen LogP contribution in [0, 0.1) is 11.8 Å². The zero-order valence-corrected chi connectivity index (χ0v) is 12.7. The number of nitrogens with zero attached hydrogens (tertiary/aromatic N) is 2. The van der Waals surface area contributed by atoms with Gasteiger partial charge in [-0.05, 0) is 17.5 Å². The predicted octanol–water partition coefficient (Wildman–Crippen LogP) is 1.82. The number of hydrogen-bond acceptors (Lipinski definition) is 4. The van der Waals surface area contributed by atoms with E-state index < -0.39 is 0 Å². The monoisotopic (exact) mass is 309 g/mol. The molecule has 118 valence electrons. The van der Waals surface area contributed by atoms with Gasteiger partial charge in [0.1, 0.15) is 5.75 Å². The standard InChI is InChI=1S/C18H19N3O2/c22-15-6-13(7-19-9-15)18(23)21-11-14-8-20-10-16(14)17(21)12-4-2-1-3-5-12/h1-7,9,14,16-17,20,22H,8,10-11H2/t14-,16-,17+/m0/s1. The summed E-state index contributed by atoms with van der Waals surface area (Å²) < 4.78 is 0. The van der Waals surface area contributed by atoms with E-state index >= 15 is 0 Å². The lowest BCUT2D eigenvalue weighted by Crippen LogP contribution is -2.34. The lowest BCUT2D eigenvalue weighted by Gasteiger charge is -2.28. The normalized spacial score (nSPS) is 26.3. The smallest absolute Gasteiger partial charge is 0.256 e. The third kappa shape index (κ3) is 2.47. The zero-order valence-electron chi connectivity index (χ0n) is 12.7. The number of amides is 1. The van der Waals surface area contributed by atoms with Crippen LogP contribution < -0.4 is 5.32 Å². The first kappa shape index (κ1) is 14.2. The Balaban J connectivity index is 1.70. The Kier molecular flexibility index (Phi) is 3.50. The van der Waals surface area contributed by atoms with Crippen molar-refractivity contribution in [1.29, 1.82) is 0 Å². The molecule has 2 aliphatic rings. The van der Waals surface area contributed by atoms with Gasteiger partial charge in [-0.25, -0.2) is 0 Å². The molecule has 5 nitrogen and oxygen atoms in total. The molecule has 1 aromatic heterocycles. The number of nitrogens with one attached hydrogen (secondary N) is 1. The van der Waals surface area contributed by atoms with Gasteiger partial charge in [0.2, 0.25) is 0 Å². The Bertz CT molecular complexity index is 719. The molecule has 3 heterocycles. The highest BCUT2D eigenvalue weighted by molar-refractivity contribution is 5.94. The summed E-state index contributed by atoms with van der Waals surface area (Å²) in [4.78, 5) is 18.9. The van der Waals surface area contributed by atoms with Crippen LogP contribution in [0.5, 0.6) is 5.75 Å². The number of rotatable bonds is 2. The Labute approximate surface area is 135 Å². The van der Waals surface area contributed by atoms with Crippen molar-refractivity contribution in [2.45, 2.75) is 6.04 Å². The van der Waals surface area contributed by atoms with E-state index in [4.69, 9.17) is 0 Å². The number of carbonyl (C=O) groups is 1. The van der Waals surface area contributed by atoms with Crippen LogP contribution in [0.15, 0.2) is 48.8 Å². The minimum atomic E-state index is -0.0587. The quantitative estimate of drug-likeness (QED) is 0.888. The zero-order chi connectivity index (χ0) is 15.8. The third-order valence-corrected chi connectivity index (χ3v) is 4.94. The van der Waals surface area contributed by atoms with E-state index in [0.717, 1.165) is 19.6 Å². The van der Waals surface area contributed by atoms with Crippen LogP contribution in [0.1, 0.15) is 22.0 Å². The van der Waals surface area contributed by atoms with Crippen molar-refractivity contribution in [3.8, 4) is 5.75 Å². The maximum atomic E-state index is 13.0. The number of hydrogen-bond donors (Lipinski definition) is 2. The van der Waals surface area contributed by atoms with E-state index in [9.17, 15) is 9.90 Å². The SMILES string of the molecule is O=C(c1cncc(O)c1)N1C[C@@H]2CNC[C@@H]2[C@H]1c1ccccc1. The van der Waals surface area contributed by atoms with Gasteiger partial charge >= 0.3 is 0 Å². The van der Waals surface area contributed by atoms with Crippen LogP contribution in [-0.4, -0.2) is 40.5 Å². The minimum absolute atomic E-state index is 0.0215. The fourth-order valence-electron chi connectivity index (χ4n) is 3.92. The first-order chi connectivity index (χ1) is 11.2. The van der Waals surface area contributed by atoms with E-state index in [-0.39, 0.29) is 17.7 Å². The third-order valence-electron chi connectivity index (χ3n) is 4.94. The van der Waals surface area contributed by atoms with Crippen molar-refractivity contribution in [2.75, 3.05) is 19.6 Å². The highest BCUT2D eigenvalue weighted by Gasteiger charge is 2.46. The number of aromatic hydroxyl groups is 1. The fourth-order valence-corrected chi connectivity index (χ4v) is 3.92. The van der Waals surface area contributed by atoms with E-state index in [1.807, 2.05) is 23.1 Å². The van der Waals surface area contributed by atoms with Gasteiger partial charge in [-0.1, -0.05) is 30.3 Å². The number of likely N-dealkylation sites (tertiary alicyclic amines) is 1. The molecule has 0 aliphatic carbocycles. The van der Waals surface area contributed by atoms with Gasteiger partial charge in [-0.15, -0.1) is 0 Å². The molecular formula is C18H19N3O2. The molecule has 2 N–H and O–H groups in total. The summed E-state index contributed by atoms with van der Waals surface area (Å²) in [6.07, 6.45) is 2.87. The van der Waals surface area contributed by atoms with Crippen molar-refractivity contribution >= 4 is 5.91 Å². The molecule has 5 heteroatoms. The van der Waals surface area contributed by atoms with Crippen molar-refractivity contribution in [3.63, 3.8) is 0 Å². The van der Waals surface area contributed by atoms with E-state index in [0.29, 0.717) is 17.4 Å².